The van der Waals surface area contributed by atoms with Gasteiger partial charge in [0, 0.05) is 32.9 Å². The van der Waals surface area contributed by atoms with E-state index in [2.05, 4.69) is 238 Å². The molecule has 0 fully saturated rings. The van der Waals surface area contributed by atoms with E-state index in [1.54, 1.807) is 0 Å². The Kier molecular flexibility index (Phi) is 9.78. The van der Waals surface area contributed by atoms with Gasteiger partial charge in [0.1, 0.15) is 0 Å². The average Bonchev–Trinajstić information content (AvgIpc) is 3.42. The Balaban J connectivity index is 1.23. The summed E-state index contributed by atoms with van der Waals surface area (Å²) >= 11 is 0. The Labute approximate surface area is 422 Å². The lowest BCUT2D eigenvalue weighted by Crippen LogP contribution is -2.35. The van der Waals surface area contributed by atoms with E-state index in [1.807, 2.05) is 36.4 Å². The maximum atomic E-state index is 5.46. The lowest BCUT2D eigenvalue weighted by Gasteiger charge is -2.48. The Morgan fingerprint density at radius 1 is 0.250 bits per heavy atom. The van der Waals surface area contributed by atoms with Gasteiger partial charge in [0.05, 0.1) is 51.2 Å². The number of hydrogen-bond donors (Lipinski definition) is 0. The number of aromatic nitrogens is 3. The molecule has 6 heteroatoms. The Morgan fingerprint density at radius 3 is 0.778 bits per heavy atom. The molecule has 1 aromatic heterocycles. The molecular formula is C66H54N6. The second kappa shape index (κ2) is 16.2. The minimum Gasteiger partial charge on any atom is -0.308 e. The van der Waals surface area contributed by atoms with Crippen molar-refractivity contribution < 1.29 is 0 Å². The fourth-order valence-electron chi connectivity index (χ4n) is 12.0. The fraction of sp³-hybridized carbons (Fsp3) is 0.136. The molecule has 0 amide bonds. The summed E-state index contributed by atoms with van der Waals surface area (Å²) in [5.74, 6) is 1.80. The van der Waals surface area contributed by atoms with Crippen LogP contribution in [0.4, 0.5) is 51.2 Å². The largest absolute Gasteiger partial charge is 0.308 e. The zero-order valence-corrected chi connectivity index (χ0v) is 41.5. The summed E-state index contributed by atoms with van der Waals surface area (Å²) in [6.07, 6.45) is 0. The summed E-state index contributed by atoms with van der Waals surface area (Å²) in [5, 5.41) is 0. The van der Waals surface area contributed by atoms with Crippen molar-refractivity contribution in [2.45, 2.75) is 57.8 Å². The molecule has 0 spiro atoms. The van der Waals surface area contributed by atoms with Gasteiger partial charge < -0.3 is 14.7 Å². The van der Waals surface area contributed by atoms with E-state index in [-0.39, 0.29) is 16.2 Å². The predicted molar refractivity (Wildman–Crippen MR) is 297 cm³/mol. The van der Waals surface area contributed by atoms with Crippen LogP contribution in [0.3, 0.4) is 0 Å². The van der Waals surface area contributed by atoms with Gasteiger partial charge in [-0.3, -0.25) is 0 Å². The van der Waals surface area contributed by atoms with Crippen molar-refractivity contribution in [1.29, 1.82) is 0 Å². The van der Waals surface area contributed by atoms with E-state index in [0.717, 1.165) is 67.9 Å². The van der Waals surface area contributed by atoms with Gasteiger partial charge >= 0.3 is 0 Å². The van der Waals surface area contributed by atoms with Gasteiger partial charge in [0.15, 0.2) is 17.5 Å². The average molecular weight is 931 g/mol. The van der Waals surface area contributed by atoms with Crippen LogP contribution in [0, 0.1) is 0 Å². The van der Waals surface area contributed by atoms with Gasteiger partial charge in [-0.2, -0.15) is 0 Å². The first kappa shape index (κ1) is 43.4. The molecule has 9 aromatic carbocycles. The quantitative estimate of drug-likeness (QED) is 0.166. The third kappa shape index (κ3) is 6.51. The highest BCUT2D eigenvalue weighted by atomic mass is 15.3. The Morgan fingerprint density at radius 2 is 0.486 bits per heavy atom. The van der Waals surface area contributed by atoms with Crippen LogP contribution in [0.5, 0.6) is 0 Å². The molecule has 0 atom stereocenters. The van der Waals surface area contributed by atoms with E-state index in [0.29, 0.717) is 17.5 Å². The fourth-order valence-corrected chi connectivity index (χ4v) is 12.0. The maximum Gasteiger partial charge on any atom is 0.164 e. The number of para-hydroxylation sites is 6. The van der Waals surface area contributed by atoms with E-state index < -0.39 is 0 Å². The van der Waals surface area contributed by atoms with Crippen LogP contribution in [0.25, 0.3) is 34.2 Å². The van der Waals surface area contributed by atoms with Gasteiger partial charge in [-0.05, 0) is 81.9 Å². The monoisotopic (exact) mass is 930 g/mol. The third-order valence-electron chi connectivity index (χ3n) is 15.6. The van der Waals surface area contributed by atoms with Crippen LogP contribution in [0.1, 0.15) is 74.9 Å². The number of rotatable bonds is 6. The molecule has 3 aliphatic rings. The normalized spacial score (nSPS) is 15.3. The molecule has 10 aromatic rings. The molecule has 3 aliphatic heterocycles. The van der Waals surface area contributed by atoms with E-state index in [4.69, 9.17) is 15.0 Å². The first-order chi connectivity index (χ1) is 35.0. The molecule has 0 N–H and O–H groups in total. The summed E-state index contributed by atoms with van der Waals surface area (Å²) in [5.41, 5.74) is 19.1. The molecule has 4 heterocycles. The summed E-state index contributed by atoms with van der Waals surface area (Å²) in [4.78, 5) is 23.7. The maximum absolute atomic E-state index is 5.46. The smallest absolute Gasteiger partial charge is 0.164 e. The zero-order chi connectivity index (χ0) is 48.9. The summed E-state index contributed by atoms with van der Waals surface area (Å²) < 4.78 is 0. The highest BCUT2D eigenvalue weighted by Crippen LogP contribution is 2.63. The Bertz CT molecular complexity index is 3430. The van der Waals surface area contributed by atoms with Crippen molar-refractivity contribution in [2.75, 3.05) is 14.7 Å². The topological polar surface area (TPSA) is 48.4 Å². The van der Waals surface area contributed by atoms with Crippen molar-refractivity contribution in [1.82, 2.24) is 15.0 Å². The standard InChI is InChI=1S/C66H54N6/c1-64(2)46-29-13-19-35-52(46)70(53-36-20-14-30-47(53)64)58-41-45(63-68-61(43-25-9-7-10-26-43)67-62(69-63)44-27-11-8-12-28-44)42-59(71-54-37-21-15-31-48(54)65(3,4)49-32-16-22-38-55(49)71)60(58)72-56-39-23-17-33-50(56)66(5,6)51-34-18-24-40-57(51)72/h7-42H,1-6H3. The first-order valence-electron chi connectivity index (χ1n) is 25.0. The molecule has 0 radical (unpaired) electrons. The number of anilines is 9. The number of hydrogen-bond acceptors (Lipinski definition) is 6. The second-order valence-corrected chi connectivity index (χ2v) is 20.9. The first-order valence-corrected chi connectivity index (χ1v) is 25.0. The summed E-state index contributed by atoms with van der Waals surface area (Å²) in [7, 11) is 0. The van der Waals surface area contributed by atoms with Crippen molar-refractivity contribution in [3.05, 3.63) is 252 Å². The van der Waals surface area contributed by atoms with Crippen LogP contribution in [-0.4, -0.2) is 15.0 Å². The predicted octanol–water partition coefficient (Wildman–Crippen LogP) is 17.2. The summed E-state index contributed by atoms with van der Waals surface area (Å²) in [6, 6.07) is 79.1. The van der Waals surface area contributed by atoms with Crippen LogP contribution in [-0.2, 0) is 16.2 Å². The number of nitrogens with zero attached hydrogens (tertiary/aromatic N) is 6. The van der Waals surface area contributed by atoms with Crippen LogP contribution < -0.4 is 14.7 Å². The number of benzene rings is 9. The van der Waals surface area contributed by atoms with Gasteiger partial charge in [-0.1, -0.05) is 211 Å². The number of fused-ring (bicyclic) bond motifs is 6. The molecule has 348 valence electrons. The van der Waals surface area contributed by atoms with Gasteiger partial charge in [0.2, 0.25) is 0 Å². The molecule has 0 aliphatic carbocycles. The molecular weight excluding hydrogens is 877 g/mol. The molecule has 13 rings (SSSR count). The second-order valence-electron chi connectivity index (χ2n) is 20.9. The zero-order valence-electron chi connectivity index (χ0n) is 41.5. The van der Waals surface area contributed by atoms with Crippen molar-refractivity contribution >= 4 is 51.2 Å². The lowest BCUT2D eigenvalue weighted by molar-refractivity contribution is 0.629. The highest BCUT2D eigenvalue weighted by molar-refractivity contribution is 6.06. The molecule has 0 saturated heterocycles. The molecule has 6 nitrogen and oxygen atoms in total. The lowest BCUT2D eigenvalue weighted by atomic mass is 9.72. The van der Waals surface area contributed by atoms with E-state index >= 15 is 0 Å². The minimum absolute atomic E-state index is 0.292. The van der Waals surface area contributed by atoms with Crippen LogP contribution in [0.15, 0.2) is 218 Å². The van der Waals surface area contributed by atoms with Crippen molar-refractivity contribution in [2.24, 2.45) is 0 Å². The molecule has 0 unspecified atom stereocenters. The summed E-state index contributed by atoms with van der Waals surface area (Å²) in [6.45, 7) is 14.1. The van der Waals surface area contributed by atoms with Crippen molar-refractivity contribution in [3.63, 3.8) is 0 Å². The van der Waals surface area contributed by atoms with E-state index in [1.165, 1.54) is 33.4 Å². The highest BCUT2D eigenvalue weighted by Gasteiger charge is 2.44. The molecule has 72 heavy (non-hydrogen) atoms. The SMILES string of the molecule is CC1(C)c2ccccc2N(c2cc(-c3nc(-c4ccccc4)nc(-c4ccccc4)n3)cc(N3c4ccccc4C(C)(C)c4ccccc43)c2N2c3ccccc3C(C)(C)c3ccccc32)c2ccccc21. The van der Waals surface area contributed by atoms with Gasteiger partial charge in [-0.15, -0.1) is 0 Å². The van der Waals surface area contributed by atoms with Crippen LogP contribution in [0.2, 0.25) is 0 Å². The third-order valence-corrected chi connectivity index (χ3v) is 15.6. The Hall–Kier alpha value is -8.61. The molecule has 0 saturated carbocycles. The van der Waals surface area contributed by atoms with E-state index in [9.17, 15) is 0 Å². The van der Waals surface area contributed by atoms with Gasteiger partial charge in [-0.25, -0.2) is 15.0 Å². The molecule has 0 bridgehead atoms. The minimum atomic E-state index is -0.293. The van der Waals surface area contributed by atoms with Crippen LogP contribution >= 0.6 is 0 Å². The van der Waals surface area contributed by atoms with Crippen molar-refractivity contribution in [3.8, 4) is 34.2 Å². The van der Waals surface area contributed by atoms with Gasteiger partial charge in [0.25, 0.3) is 0 Å².